The third-order valence-electron chi connectivity index (χ3n) is 3.76. The Hall–Kier alpha value is -1.77. The molecule has 1 aromatic heterocycles. The van der Waals surface area contributed by atoms with Crippen LogP contribution in [0.5, 0.6) is 0 Å². The number of hydrogen-bond acceptors (Lipinski definition) is 2. The van der Waals surface area contributed by atoms with E-state index in [2.05, 4.69) is 40.1 Å². The minimum absolute atomic E-state index is 0.605. The highest BCUT2D eigenvalue weighted by molar-refractivity contribution is 5.53. The number of imidazole rings is 1. The molecule has 3 rings (SSSR count). The summed E-state index contributed by atoms with van der Waals surface area (Å²) in [7, 11) is 0. The van der Waals surface area contributed by atoms with E-state index >= 15 is 0 Å². The number of benzene rings is 1. The Bertz CT molecular complexity index is 503. The smallest absolute Gasteiger partial charge is 0.207 e. The van der Waals surface area contributed by atoms with Gasteiger partial charge in [0, 0.05) is 24.1 Å². The van der Waals surface area contributed by atoms with E-state index in [1.807, 2.05) is 24.4 Å². The molecule has 1 aromatic carbocycles. The normalized spacial score (nSPS) is 23.2. The summed E-state index contributed by atoms with van der Waals surface area (Å²) in [6.07, 6.45) is 7.83. The summed E-state index contributed by atoms with van der Waals surface area (Å²) in [5, 5.41) is 3.40. The second kappa shape index (κ2) is 4.84. The molecular weight excluding hydrogens is 222 g/mol. The van der Waals surface area contributed by atoms with Gasteiger partial charge in [0.15, 0.2) is 0 Å². The average molecular weight is 241 g/mol. The van der Waals surface area contributed by atoms with Gasteiger partial charge < -0.3 is 9.88 Å². The standard InChI is InChI=1S/C15H19N3/c1-12-7-8-14(11-12)18-10-9-16-15(18)17-13-5-3-2-4-6-13/h2-6,9-10,12,14H,7-8,11H2,1H3,(H,16,17). The zero-order chi connectivity index (χ0) is 12.4. The van der Waals surface area contributed by atoms with Crippen molar-refractivity contribution in [3.63, 3.8) is 0 Å². The van der Waals surface area contributed by atoms with Crippen LogP contribution in [-0.2, 0) is 0 Å². The van der Waals surface area contributed by atoms with Crippen LogP contribution in [0.3, 0.4) is 0 Å². The highest BCUT2D eigenvalue weighted by Crippen LogP contribution is 2.35. The van der Waals surface area contributed by atoms with Gasteiger partial charge in [-0.3, -0.25) is 0 Å². The predicted molar refractivity (Wildman–Crippen MR) is 74.0 cm³/mol. The third-order valence-corrected chi connectivity index (χ3v) is 3.76. The lowest BCUT2D eigenvalue weighted by molar-refractivity contribution is 0.499. The van der Waals surface area contributed by atoms with Crippen LogP contribution >= 0.6 is 0 Å². The van der Waals surface area contributed by atoms with E-state index in [9.17, 15) is 0 Å². The first-order valence-corrected chi connectivity index (χ1v) is 6.68. The highest BCUT2D eigenvalue weighted by atomic mass is 15.2. The maximum atomic E-state index is 4.43. The molecule has 0 aliphatic heterocycles. The number of anilines is 2. The molecule has 1 aliphatic carbocycles. The summed E-state index contributed by atoms with van der Waals surface area (Å²) in [4.78, 5) is 4.43. The molecule has 18 heavy (non-hydrogen) atoms. The van der Waals surface area contributed by atoms with Crippen molar-refractivity contribution in [3.8, 4) is 0 Å². The van der Waals surface area contributed by atoms with Crippen molar-refractivity contribution in [1.82, 2.24) is 9.55 Å². The molecule has 3 nitrogen and oxygen atoms in total. The number of para-hydroxylation sites is 1. The summed E-state index contributed by atoms with van der Waals surface area (Å²) in [5.41, 5.74) is 1.09. The van der Waals surface area contributed by atoms with E-state index in [0.29, 0.717) is 6.04 Å². The molecule has 1 aliphatic rings. The third kappa shape index (κ3) is 2.26. The molecule has 0 radical (unpaired) electrons. The highest BCUT2D eigenvalue weighted by Gasteiger charge is 2.24. The lowest BCUT2D eigenvalue weighted by Gasteiger charge is -2.16. The number of nitrogens with one attached hydrogen (secondary N) is 1. The van der Waals surface area contributed by atoms with Crippen molar-refractivity contribution in [2.24, 2.45) is 5.92 Å². The molecule has 0 spiro atoms. The van der Waals surface area contributed by atoms with Crippen LogP contribution in [0.1, 0.15) is 32.2 Å². The molecule has 2 atom stereocenters. The largest absolute Gasteiger partial charge is 0.326 e. The number of rotatable bonds is 3. The zero-order valence-electron chi connectivity index (χ0n) is 10.7. The first-order chi connectivity index (χ1) is 8.83. The first kappa shape index (κ1) is 11.3. The minimum Gasteiger partial charge on any atom is -0.326 e. The first-order valence-electron chi connectivity index (χ1n) is 6.68. The Labute approximate surface area is 108 Å². The molecule has 1 fully saturated rings. The summed E-state index contributed by atoms with van der Waals surface area (Å²) in [5.74, 6) is 1.79. The van der Waals surface area contributed by atoms with Gasteiger partial charge in [0.1, 0.15) is 0 Å². The van der Waals surface area contributed by atoms with Crippen molar-refractivity contribution in [2.45, 2.75) is 32.2 Å². The van der Waals surface area contributed by atoms with Crippen molar-refractivity contribution < 1.29 is 0 Å². The Morgan fingerprint density at radius 1 is 1.22 bits per heavy atom. The topological polar surface area (TPSA) is 29.9 Å². The van der Waals surface area contributed by atoms with Gasteiger partial charge in [0.05, 0.1) is 0 Å². The van der Waals surface area contributed by atoms with Crippen LogP contribution < -0.4 is 5.32 Å². The fourth-order valence-corrected chi connectivity index (χ4v) is 2.78. The Morgan fingerprint density at radius 3 is 2.78 bits per heavy atom. The minimum atomic E-state index is 0.605. The average Bonchev–Trinajstić information content (AvgIpc) is 2.99. The number of nitrogens with zero attached hydrogens (tertiary/aromatic N) is 2. The van der Waals surface area contributed by atoms with Gasteiger partial charge in [-0.2, -0.15) is 0 Å². The maximum absolute atomic E-state index is 4.43. The van der Waals surface area contributed by atoms with Crippen LogP contribution in [0.15, 0.2) is 42.7 Å². The van der Waals surface area contributed by atoms with Crippen molar-refractivity contribution in [1.29, 1.82) is 0 Å². The second-order valence-corrected chi connectivity index (χ2v) is 5.22. The van der Waals surface area contributed by atoms with Crippen molar-refractivity contribution in [3.05, 3.63) is 42.7 Å². The van der Waals surface area contributed by atoms with Gasteiger partial charge in [-0.05, 0) is 37.3 Å². The molecule has 1 saturated carbocycles. The quantitative estimate of drug-likeness (QED) is 0.880. The molecule has 3 heteroatoms. The van der Waals surface area contributed by atoms with Gasteiger partial charge in [0.25, 0.3) is 0 Å². The fraction of sp³-hybridized carbons (Fsp3) is 0.400. The molecule has 1 heterocycles. The van der Waals surface area contributed by atoms with Crippen molar-refractivity contribution in [2.75, 3.05) is 5.32 Å². The molecule has 94 valence electrons. The van der Waals surface area contributed by atoms with E-state index in [1.54, 1.807) is 0 Å². The second-order valence-electron chi connectivity index (χ2n) is 5.22. The van der Waals surface area contributed by atoms with Crippen LogP contribution in [0.2, 0.25) is 0 Å². The molecule has 0 amide bonds. The predicted octanol–water partition coefficient (Wildman–Crippen LogP) is 3.99. The Kier molecular flexibility index (Phi) is 3.05. The maximum Gasteiger partial charge on any atom is 0.207 e. The molecular formula is C15H19N3. The summed E-state index contributed by atoms with van der Waals surface area (Å²) >= 11 is 0. The summed E-state index contributed by atoms with van der Waals surface area (Å²) in [6.45, 7) is 2.33. The molecule has 2 aromatic rings. The van der Waals surface area contributed by atoms with Crippen molar-refractivity contribution >= 4 is 11.6 Å². The van der Waals surface area contributed by atoms with Gasteiger partial charge >= 0.3 is 0 Å². The van der Waals surface area contributed by atoms with Crippen LogP contribution in [0.25, 0.3) is 0 Å². The van der Waals surface area contributed by atoms with Gasteiger partial charge in [-0.1, -0.05) is 25.1 Å². The fourth-order valence-electron chi connectivity index (χ4n) is 2.78. The molecule has 2 unspecified atom stereocenters. The summed E-state index contributed by atoms with van der Waals surface area (Å²) < 4.78 is 2.29. The van der Waals surface area contributed by atoms with Gasteiger partial charge in [-0.25, -0.2) is 4.98 Å². The lowest BCUT2D eigenvalue weighted by atomic mass is 10.1. The van der Waals surface area contributed by atoms with Crippen LogP contribution in [-0.4, -0.2) is 9.55 Å². The Morgan fingerprint density at radius 2 is 2.06 bits per heavy atom. The van der Waals surface area contributed by atoms with E-state index in [0.717, 1.165) is 17.6 Å². The monoisotopic (exact) mass is 241 g/mol. The molecule has 0 saturated heterocycles. The SMILES string of the molecule is CC1CCC(n2ccnc2Nc2ccccc2)C1. The van der Waals surface area contributed by atoms with Gasteiger partial charge in [0.2, 0.25) is 5.95 Å². The Balaban J connectivity index is 1.79. The lowest BCUT2D eigenvalue weighted by Crippen LogP contribution is -2.08. The van der Waals surface area contributed by atoms with E-state index in [4.69, 9.17) is 0 Å². The number of hydrogen-bond donors (Lipinski definition) is 1. The zero-order valence-corrected chi connectivity index (χ0v) is 10.7. The van der Waals surface area contributed by atoms with E-state index in [1.165, 1.54) is 19.3 Å². The summed E-state index contributed by atoms with van der Waals surface area (Å²) in [6, 6.07) is 10.8. The van der Waals surface area contributed by atoms with Crippen LogP contribution in [0.4, 0.5) is 11.6 Å². The van der Waals surface area contributed by atoms with Crippen LogP contribution in [0, 0.1) is 5.92 Å². The van der Waals surface area contributed by atoms with E-state index < -0.39 is 0 Å². The van der Waals surface area contributed by atoms with E-state index in [-0.39, 0.29) is 0 Å². The molecule has 0 bridgehead atoms. The number of aromatic nitrogens is 2. The molecule has 1 N–H and O–H groups in total. The van der Waals surface area contributed by atoms with Gasteiger partial charge in [-0.15, -0.1) is 0 Å².